The highest BCUT2D eigenvalue weighted by molar-refractivity contribution is 5.99. The molecule has 3 amide bonds. The van der Waals surface area contributed by atoms with Gasteiger partial charge in [-0.15, -0.1) is 0 Å². The second kappa shape index (κ2) is 6.76. The van der Waals surface area contributed by atoms with Crippen molar-refractivity contribution in [1.29, 1.82) is 0 Å². The molecule has 9 heteroatoms. The van der Waals surface area contributed by atoms with Crippen LogP contribution in [0.1, 0.15) is 6.92 Å². The van der Waals surface area contributed by atoms with Gasteiger partial charge < -0.3 is 15.4 Å². The van der Waals surface area contributed by atoms with E-state index < -0.39 is 30.8 Å². The van der Waals surface area contributed by atoms with Crippen LogP contribution in [-0.4, -0.2) is 48.8 Å². The molecule has 2 N–H and O–H groups in total. The minimum atomic E-state index is -4.42. The van der Waals surface area contributed by atoms with Crippen LogP contribution in [0.4, 0.5) is 23.7 Å². The van der Waals surface area contributed by atoms with Crippen LogP contribution in [0.2, 0.25) is 0 Å². The van der Waals surface area contributed by atoms with Gasteiger partial charge in [-0.25, -0.2) is 4.79 Å². The zero-order chi connectivity index (χ0) is 17.0. The molecule has 0 bridgehead atoms. The predicted octanol–water partition coefficient (Wildman–Crippen LogP) is 1.98. The Hall–Kier alpha value is -2.45. The van der Waals surface area contributed by atoms with Gasteiger partial charge >= 0.3 is 12.2 Å². The maximum Gasteiger partial charge on any atom is 0.422 e. The molecular formula is C14H16F3N3O3. The Morgan fingerprint density at radius 2 is 2.22 bits per heavy atom. The molecule has 1 saturated heterocycles. The smallest absolute Gasteiger partial charge is 0.422 e. The molecule has 1 atom stereocenters. The number of nitrogens with one attached hydrogen (secondary N) is 2. The lowest BCUT2D eigenvalue weighted by Gasteiger charge is -2.20. The Morgan fingerprint density at radius 3 is 2.83 bits per heavy atom. The fourth-order valence-corrected chi connectivity index (χ4v) is 2.07. The van der Waals surface area contributed by atoms with Crippen molar-refractivity contribution in [1.82, 2.24) is 10.2 Å². The number of alkyl halides is 3. The average Bonchev–Trinajstić information content (AvgIpc) is 2.90. The molecule has 0 aliphatic carbocycles. The van der Waals surface area contributed by atoms with Crippen LogP contribution >= 0.6 is 0 Å². The lowest BCUT2D eigenvalue weighted by atomic mass is 10.2. The third-order valence-corrected chi connectivity index (χ3v) is 3.11. The highest BCUT2D eigenvalue weighted by Gasteiger charge is 2.30. The lowest BCUT2D eigenvalue weighted by molar-refractivity contribution is -0.153. The van der Waals surface area contributed by atoms with E-state index in [2.05, 4.69) is 15.4 Å². The van der Waals surface area contributed by atoms with Gasteiger partial charge in [-0.2, -0.15) is 13.2 Å². The summed E-state index contributed by atoms with van der Waals surface area (Å²) in [5.74, 6) is -0.382. The monoisotopic (exact) mass is 331 g/mol. The summed E-state index contributed by atoms with van der Waals surface area (Å²) in [6, 6.07) is 4.68. The number of rotatable bonds is 5. The normalized spacial score (nSPS) is 16.0. The van der Waals surface area contributed by atoms with Crippen molar-refractivity contribution in [3.05, 3.63) is 24.3 Å². The van der Waals surface area contributed by atoms with E-state index in [0.717, 1.165) is 4.90 Å². The summed E-state index contributed by atoms with van der Waals surface area (Å²) in [4.78, 5) is 24.7. The first-order chi connectivity index (χ1) is 10.8. The molecule has 1 heterocycles. The van der Waals surface area contributed by atoms with Crippen molar-refractivity contribution in [2.24, 2.45) is 0 Å². The van der Waals surface area contributed by atoms with Gasteiger partial charge in [0, 0.05) is 24.8 Å². The molecule has 1 fully saturated rings. The molecule has 0 aromatic heterocycles. The lowest BCUT2D eigenvalue weighted by Crippen LogP contribution is -2.43. The SMILES string of the molecule is C[C@@H](Nc1cccc(OCC(F)(F)F)c1)C(=O)N1CCNC1=O. The number of halogens is 3. The Labute approximate surface area is 130 Å². The molecule has 0 spiro atoms. The molecule has 1 aliphatic rings. The van der Waals surface area contributed by atoms with Gasteiger partial charge in [0.1, 0.15) is 11.8 Å². The van der Waals surface area contributed by atoms with Crippen molar-refractivity contribution >= 4 is 17.6 Å². The van der Waals surface area contributed by atoms with Gasteiger partial charge in [0.25, 0.3) is 5.91 Å². The van der Waals surface area contributed by atoms with Gasteiger partial charge in [-0.1, -0.05) is 6.07 Å². The number of amides is 3. The van der Waals surface area contributed by atoms with E-state index >= 15 is 0 Å². The van der Waals surface area contributed by atoms with E-state index in [1.807, 2.05) is 0 Å². The van der Waals surface area contributed by atoms with Crippen molar-refractivity contribution in [3.63, 3.8) is 0 Å². The number of imide groups is 1. The van der Waals surface area contributed by atoms with E-state index in [9.17, 15) is 22.8 Å². The van der Waals surface area contributed by atoms with Crippen molar-refractivity contribution in [2.45, 2.75) is 19.1 Å². The van der Waals surface area contributed by atoms with Crippen LogP contribution in [0, 0.1) is 0 Å². The maximum absolute atomic E-state index is 12.1. The maximum atomic E-state index is 12.1. The molecule has 1 aromatic rings. The van der Waals surface area contributed by atoms with Crippen LogP contribution < -0.4 is 15.4 Å². The Bertz CT molecular complexity index is 592. The number of carbonyl (C=O) groups excluding carboxylic acids is 2. The van der Waals surface area contributed by atoms with Crippen molar-refractivity contribution < 1.29 is 27.5 Å². The van der Waals surface area contributed by atoms with Gasteiger partial charge in [0.15, 0.2) is 6.61 Å². The molecule has 6 nitrogen and oxygen atoms in total. The Kier molecular flexibility index (Phi) is 4.97. The second-order valence-electron chi connectivity index (χ2n) is 5.02. The van der Waals surface area contributed by atoms with E-state index in [1.54, 1.807) is 13.0 Å². The fraction of sp³-hybridized carbons (Fsp3) is 0.429. The molecule has 0 radical (unpaired) electrons. The minimum Gasteiger partial charge on any atom is -0.484 e. The zero-order valence-corrected chi connectivity index (χ0v) is 12.3. The fourth-order valence-electron chi connectivity index (χ4n) is 2.07. The molecule has 2 rings (SSSR count). The van der Waals surface area contributed by atoms with Crippen molar-refractivity contribution in [3.8, 4) is 5.75 Å². The molecule has 1 aliphatic heterocycles. The third-order valence-electron chi connectivity index (χ3n) is 3.11. The standard InChI is InChI=1S/C14H16F3N3O3/c1-9(12(21)20-6-5-18-13(20)22)19-10-3-2-4-11(7-10)23-8-14(15,16)17/h2-4,7,9,19H,5-6,8H2,1H3,(H,18,22)/t9-/m1/s1. The third kappa shape index (κ3) is 4.76. The summed E-state index contributed by atoms with van der Waals surface area (Å²) >= 11 is 0. The quantitative estimate of drug-likeness (QED) is 0.865. The number of hydrogen-bond donors (Lipinski definition) is 2. The van der Waals surface area contributed by atoms with Gasteiger partial charge in [-0.3, -0.25) is 9.69 Å². The Balaban J connectivity index is 1.96. The molecular weight excluding hydrogens is 315 g/mol. The second-order valence-corrected chi connectivity index (χ2v) is 5.02. The molecule has 0 unspecified atom stereocenters. The molecule has 126 valence electrons. The van der Waals surface area contributed by atoms with E-state index in [-0.39, 0.29) is 5.75 Å². The van der Waals surface area contributed by atoms with Gasteiger partial charge in [0.2, 0.25) is 0 Å². The van der Waals surface area contributed by atoms with Gasteiger partial charge in [0.05, 0.1) is 0 Å². The summed E-state index contributed by atoms with van der Waals surface area (Å²) in [7, 11) is 0. The molecule has 1 aromatic carbocycles. The summed E-state index contributed by atoms with van der Waals surface area (Å²) in [6.45, 7) is 0.868. The van der Waals surface area contributed by atoms with Crippen LogP contribution in [0.5, 0.6) is 5.75 Å². The number of benzene rings is 1. The highest BCUT2D eigenvalue weighted by atomic mass is 19.4. The van der Waals surface area contributed by atoms with E-state index in [1.165, 1.54) is 18.2 Å². The Morgan fingerprint density at radius 1 is 1.48 bits per heavy atom. The van der Waals surface area contributed by atoms with Crippen LogP contribution in [0.25, 0.3) is 0 Å². The van der Waals surface area contributed by atoms with Gasteiger partial charge in [-0.05, 0) is 19.1 Å². The first-order valence-corrected chi connectivity index (χ1v) is 6.91. The number of nitrogens with zero attached hydrogens (tertiary/aromatic N) is 1. The summed E-state index contributed by atoms with van der Waals surface area (Å²) in [6.07, 6.45) is -4.42. The number of urea groups is 1. The molecule has 23 heavy (non-hydrogen) atoms. The van der Waals surface area contributed by atoms with Crippen LogP contribution in [-0.2, 0) is 4.79 Å². The molecule has 0 saturated carbocycles. The average molecular weight is 331 g/mol. The van der Waals surface area contributed by atoms with E-state index in [4.69, 9.17) is 0 Å². The number of ether oxygens (including phenoxy) is 1. The summed E-state index contributed by atoms with van der Waals surface area (Å²) in [5.41, 5.74) is 0.421. The van der Waals surface area contributed by atoms with Crippen LogP contribution in [0.15, 0.2) is 24.3 Å². The minimum absolute atomic E-state index is 0.0332. The first kappa shape index (κ1) is 16.9. The summed E-state index contributed by atoms with van der Waals surface area (Å²) < 4.78 is 41.1. The number of carbonyl (C=O) groups is 2. The largest absolute Gasteiger partial charge is 0.484 e. The van der Waals surface area contributed by atoms with E-state index in [0.29, 0.717) is 18.8 Å². The highest BCUT2D eigenvalue weighted by Crippen LogP contribution is 2.22. The number of hydrogen-bond acceptors (Lipinski definition) is 4. The van der Waals surface area contributed by atoms with Crippen LogP contribution in [0.3, 0.4) is 0 Å². The number of anilines is 1. The van der Waals surface area contributed by atoms with Crippen molar-refractivity contribution in [2.75, 3.05) is 25.0 Å². The predicted molar refractivity (Wildman–Crippen MR) is 76.2 cm³/mol. The first-order valence-electron chi connectivity index (χ1n) is 6.91. The topological polar surface area (TPSA) is 70.7 Å². The zero-order valence-electron chi connectivity index (χ0n) is 12.3. The summed E-state index contributed by atoms with van der Waals surface area (Å²) in [5, 5.41) is 5.37.